The molecule has 0 bridgehead atoms. The number of rotatable bonds is 9. The number of carbonyl (C=O) groups is 1. The molecule has 160 valence electrons. The van der Waals surface area contributed by atoms with E-state index >= 15 is 0 Å². The second kappa shape index (κ2) is 11.0. The number of ether oxygens (including phenoxy) is 3. The maximum absolute atomic E-state index is 12.0. The molecule has 3 aromatic carbocycles. The van der Waals surface area contributed by atoms with Crippen LogP contribution in [0.25, 0.3) is 0 Å². The maximum Gasteiger partial charge on any atom is 0.311 e. The molecule has 0 amide bonds. The van der Waals surface area contributed by atoms with Gasteiger partial charge in [0, 0.05) is 12.6 Å². The molecular weight excluding hydrogens is 390 g/mol. The van der Waals surface area contributed by atoms with Crippen LogP contribution >= 0.6 is 0 Å². The number of para-hydroxylation sites is 1. The molecule has 0 spiro atoms. The van der Waals surface area contributed by atoms with Crippen LogP contribution in [0.3, 0.4) is 0 Å². The highest BCUT2D eigenvalue weighted by Crippen LogP contribution is 2.29. The predicted octanol–water partition coefficient (Wildman–Crippen LogP) is 6.58. The van der Waals surface area contributed by atoms with Gasteiger partial charge in [0.05, 0.1) is 12.3 Å². The number of carbonyl (C=O) groups excluding carboxylic acids is 1. The molecule has 0 fully saturated rings. The van der Waals surface area contributed by atoms with Gasteiger partial charge in [-0.1, -0.05) is 32.0 Å². The van der Waals surface area contributed by atoms with Crippen molar-refractivity contribution in [3.63, 3.8) is 0 Å². The Balaban J connectivity index is 1.68. The van der Waals surface area contributed by atoms with Crippen LogP contribution in [-0.2, 0) is 4.79 Å². The summed E-state index contributed by atoms with van der Waals surface area (Å²) >= 11 is 0. The molecule has 5 nitrogen and oxygen atoms in total. The number of hydrogen-bond acceptors (Lipinski definition) is 5. The molecule has 0 atom stereocenters. The van der Waals surface area contributed by atoms with Gasteiger partial charge >= 0.3 is 5.97 Å². The van der Waals surface area contributed by atoms with Gasteiger partial charge in [-0.25, -0.2) is 0 Å². The lowest BCUT2D eigenvalue weighted by Gasteiger charge is -2.12. The van der Waals surface area contributed by atoms with Crippen molar-refractivity contribution in [3.05, 3.63) is 78.4 Å². The molecule has 5 heteroatoms. The third kappa shape index (κ3) is 7.00. The summed E-state index contributed by atoms with van der Waals surface area (Å²) in [5, 5.41) is 0. The van der Waals surface area contributed by atoms with E-state index in [-0.39, 0.29) is 11.9 Å². The molecule has 0 N–H and O–H groups in total. The van der Waals surface area contributed by atoms with Gasteiger partial charge in [0.2, 0.25) is 0 Å². The van der Waals surface area contributed by atoms with Crippen molar-refractivity contribution in [3.8, 4) is 23.0 Å². The predicted molar refractivity (Wildman–Crippen MR) is 123 cm³/mol. The standard InChI is InChI=1S/C26H27NO4/c1-4-29-25-17-20(10-15-24(25)31-26(28)16-19(2)3)18-27-21-11-13-23(14-12-21)30-22-8-6-5-7-9-22/h5-15,17-19H,4,16H2,1-3H3. The van der Waals surface area contributed by atoms with Crippen LogP contribution in [0, 0.1) is 5.92 Å². The zero-order valence-electron chi connectivity index (χ0n) is 18.1. The van der Waals surface area contributed by atoms with E-state index in [4.69, 9.17) is 14.2 Å². The second-order valence-electron chi connectivity index (χ2n) is 7.38. The van der Waals surface area contributed by atoms with Gasteiger partial charge in [0.1, 0.15) is 11.5 Å². The van der Waals surface area contributed by atoms with E-state index in [9.17, 15) is 4.79 Å². The Morgan fingerprint density at radius 1 is 0.935 bits per heavy atom. The maximum atomic E-state index is 12.0. The third-order valence-corrected chi connectivity index (χ3v) is 4.24. The Morgan fingerprint density at radius 2 is 1.65 bits per heavy atom. The van der Waals surface area contributed by atoms with Crippen molar-refractivity contribution >= 4 is 17.9 Å². The highest BCUT2D eigenvalue weighted by atomic mass is 16.6. The molecule has 0 saturated carbocycles. The lowest BCUT2D eigenvalue weighted by molar-refractivity contribution is -0.135. The minimum Gasteiger partial charge on any atom is -0.490 e. The molecule has 0 radical (unpaired) electrons. The third-order valence-electron chi connectivity index (χ3n) is 4.24. The summed E-state index contributed by atoms with van der Waals surface area (Å²) in [4.78, 5) is 16.5. The number of nitrogens with zero attached hydrogens (tertiary/aromatic N) is 1. The summed E-state index contributed by atoms with van der Waals surface area (Å²) in [6.45, 7) is 6.31. The summed E-state index contributed by atoms with van der Waals surface area (Å²) in [6.07, 6.45) is 2.11. The second-order valence-corrected chi connectivity index (χ2v) is 7.38. The quantitative estimate of drug-likeness (QED) is 0.224. The van der Waals surface area contributed by atoms with Crippen molar-refractivity contribution in [2.24, 2.45) is 10.9 Å². The Bertz CT molecular complexity index is 1010. The van der Waals surface area contributed by atoms with Crippen molar-refractivity contribution in [1.82, 2.24) is 0 Å². The summed E-state index contributed by atoms with van der Waals surface area (Å²) in [5.74, 6) is 2.45. The van der Waals surface area contributed by atoms with Gasteiger partial charge in [-0.3, -0.25) is 9.79 Å². The number of esters is 1. The van der Waals surface area contributed by atoms with Gasteiger partial charge in [-0.05, 0) is 73.0 Å². The molecule has 0 saturated heterocycles. The fourth-order valence-corrected chi connectivity index (χ4v) is 2.83. The Hall–Kier alpha value is -3.60. The first-order chi connectivity index (χ1) is 15.0. The van der Waals surface area contributed by atoms with E-state index in [1.165, 1.54) is 0 Å². The lowest BCUT2D eigenvalue weighted by atomic mass is 10.1. The molecule has 0 aliphatic heterocycles. The fraction of sp³-hybridized carbons (Fsp3) is 0.231. The molecule has 3 rings (SSSR count). The molecule has 3 aromatic rings. The average Bonchev–Trinajstić information content (AvgIpc) is 2.75. The molecule has 0 unspecified atom stereocenters. The zero-order valence-corrected chi connectivity index (χ0v) is 18.1. The SMILES string of the molecule is CCOc1cc(C=Nc2ccc(Oc3ccccc3)cc2)ccc1OC(=O)CC(C)C. The number of hydrogen-bond donors (Lipinski definition) is 0. The van der Waals surface area contributed by atoms with E-state index in [2.05, 4.69) is 4.99 Å². The summed E-state index contributed by atoms with van der Waals surface area (Å²) in [5.41, 5.74) is 1.64. The van der Waals surface area contributed by atoms with Crippen molar-refractivity contribution < 1.29 is 19.0 Å². The molecule has 31 heavy (non-hydrogen) atoms. The molecular formula is C26H27NO4. The Kier molecular flexibility index (Phi) is 7.82. The van der Waals surface area contributed by atoms with Gasteiger partial charge in [-0.2, -0.15) is 0 Å². The van der Waals surface area contributed by atoms with Crippen molar-refractivity contribution in [2.75, 3.05) is 6.61 Å². The first kappa shape index (κ1) is 22.1. The van der Waals surface area contributed by atoms with Crippen LogP contribution in [0.4, 0.5) is 5.69 Å². The van der Waals surface area contributed by atoms with Crippen LogP contribution in [0.1, 0.15) is 32.8 Å². The Labute approximate surface area is 183 Å². The largest absolute Gasteiger partial charge is 0.490 e. The fourth-order valence-electron chi connectivity index (χ4n) is 2.83. The topological polar surface area (TPSA) is 57.1 Å². The normalized spacial score (nSPS) is 11.0. The van der Waals surface area contributed by atoms with Crippen LogP contribution in [-0.4, -0.2) is 18.8 Å². The molecule has 0 aliphatic rings. The van der Waals surface area contributed by atoms with Gasteiger partial charge < -0.3 is 14.2 Å². The van der Waals surface area contributed by atoms with Crippen molar-refractivity contribution in [1.29, 1.82) is 0 Å². The van der Waals surface area contributed by atoms with Crippen molar-refractivity contribution in [2.45, 2.75) is 27.2 Å². The molecule has 0 heterocycles. The smallest absolute Gasteiger partial charge is 0.311 e. The summed E-state index contributed by atoms with van der Waals surface area (Å²) in [7, 11) is 0. The van der Waals surface area contributed by atoms with E-state index in [0.717, 1.165) is 22.7 Å². The van der Waals surface area contributed by atoms with Gasteiger partial charge in [0.15, 0.2) is 11.5 Å². The van der Waals surface area contributed by atoms with Crippen LogP contribution < -0.4 is 14.2 Å². The highest BCUT2D eigenvalue weighted by Gasteiger charge is 2.12. The van der Waals surface area contributed by atoms with Crippen LogP contribution in [0.15, 0.2) is 77.8 Å². The van der Waals surface area contributed by atoms with E-state index in [1.807, 2.05) is 87.5 Å². The minimum atomic E-state index is -0.268. The lowest BCUT2D eigenvalue weighted by Crippen LogP contribution is -2.11. The number of aliphatic imine (C=N–C) groups is 1. The zero-order chi connectivity index (χ0) is 22.1. The summed E-state index contributed by atoms with van der Waals surface area (Å²) < 4.78 is 16.9. The molecule has 0 aliphatic carbocycles. The van der Waals surface area contributed by atoms with Crippen LogP contribution in [0.5, 0.6) is 23.0 Å². The summed E-state index contributed by atoms with van der Waals surface area (Å²) in [6, 6.07) is 22.6. The Morgan fingerprint density at radius 3 is 2.32 bits per heavy atom. The highest BCUT2D eigenvalue weighted by molar-refractivity contribution is 5.83. The van der Waals surface area contributed by atoms with E-state index in [0.29, 0.717) is 24.5 Å². The van der Waals surface area contributed by atoms with Gasteiger partial charge in [-0.15, -0.1) is 0 Å². The first-order valence-corrected chi connectivity index (χ1v) is 10.4. The van der Waals surface area contributed by atoms with E-state index < -0.39 is 0 Å². The first-order valence-electron chi connectivity index (χ1n) is 10.4. The average molecular weight is 418 g/mol. The number of benzene rings is 3. The van der Waals surface area contributed by atoms with Crippen LogP contribution in [0.2, 0.25) is 0 Å². The molecule has 0 aromatic heterocycles. The van der Waals surface area contributed by atoms with E-state index in [1.54, 1.807) is 12.3 Å². The monoisotopic (exact) mass is 417 g/mol. The minimum absolute atomic E-state index is 0.235. The van der Waals surface area contributed by atoms with Gasteiger partial charge in [0.25, 0.3) is 0 Å².